The van der Waals surface area contributed by atoms with Crippen LogP contribution in [0.2, 0.25) is 0 Å². The highest BCUT2D eigenvalue weighted by molar-refractivity contribution is 6.11. The standard InChI is InChI=1S/C59H72O8/c1-3-5-7-9-11-13-15-17-19-21-23-25-27-29-31-33-35-37-58(64)66-56-45-41-50(47-54(56)62)39-43-52(60)49-53(61)44-40-51-42-46-57(55(63)48-51)67-59(65)38-36-34-32-30-28-26-24-22-20-18-16-14-12-10-8-6-4-2/h19-48,62-63H,3-18,49H2,1-2H3/b21-19+,22-20+,25-23+,26-24+,29-27+,30-28+,33-31+,34-32+,37-35+,38-36+,43-39+,44-40+. The Labute approximate surface area is 400 Å². The summed E-state index contributed by atoms with van der Waals surface area (Å²) in [5, 5.41) is 20.8. The summed E-state index contributed by atoms with van der Waals surface area (Å²) in [6.45, 7) is 4.47. The predicted octanol–water partition coefficient (Wildman–Crippen LogP) is 15.0. The Bertz CT molecular complexity index is 2000. The van der Waals surface area contributed by atoms with Crippen LogP contribution in [0.1, 0.15) is 134 Å². The maximum Gasteiger partial charge on any atom is 0.336 e. The molecule has 0 amide bonds. The van der Waals surface area contributed by atoms with E-state index < -0.39 is 29.9 Å². The molecule has 0 aliphatic carbocycles. The van der Waals surface area contributed by atoms with E-state index in [9.17, 15) is 29.4 Å². The number of phenols is 2. The number of benzene rings is 2. The SMILES string of the molecule is CCCCCCCCC/C=C/C=C/C=C/C=C/C=C/C(=O)Oc1ccc(/C=C/C(=O)CC(=O)/C=C/c2ccc(OC(=O)/C=C/C=C/C=C/C=C/C=C/CCCCCCCCC)c(O)c2)cc1O. The van der Waals surface area contributed by atoms with Gasteiger partial charge in [-0.1, -0.05) is 225 Å². The third-order valence-electron chi connectivity index (χ3n) is 9.90. The summed E-state index contributed by atoms with van der Waals surface area (Å²) < 4.78 is 10.4. The molecule has 0 aliphatic heterocycles. The van der Waals surface area contributed by atoms with E-state index in [4.69, 9.17) is 9.47 Å². The van der Waals surface area contributed by atoms with Crippen LogP contribution in [0.5, 0.6) is 23.0 Å². The first kappa shape index (κ1) is 56.3. The third kappa shape index (κ3) is 30.9. The molecule has 67 heavy (non-hydrogen) atoms. The molecule has 356 valence electrons. The second-order valence-corrected chi connectivity index (χ2v) is 15.8. The number of carbonyl (C=O) groups excluding carboxylic acids is 4. The maximum absolute atomic E-state index is 12.5. The van der Waals surface area contributed by atoms with Crippen molar-refractivity contribution in [1.29, 1.82) is 0 Å². The van der Waals surface area contributed by atoms with E-state index in [1.165, 1.54) is 163 Å². The highest BCUT2D eigenvalue weighted by Gasteiger charge is 2.09. The minimum atomic E-state index is -0.675. The Hall–Kier alpha value is -6.80. The fraction of sp³-hybridized carbons (Fsp3) is 0.322. The average molecular weight is 909 g/mol. The van der Waals surface area contributed by atoms with E-state index >= 15 is 0 Å². The van der Waals surface area contributed by atoms with Gasteiger partial charge in [0.25, 0.3) is 0 Å². The molecule has 2 rings (SSSR count). The van der Waals surface area contributed by atoms with Gasteiger partial charge in [0.15, 0.2) is 34.6 Å². The van der Waals surface area contributed by atoms with Crippen LogP contribution in [0.4, 0.5) is 0 Å². The Balaban J connectivity index is 1.69. The van der Waals surface area contributed by atoms with E-state index in [1.54, 1.807) is 36.4 Å². The van der Waals surface area contributed by atoms with Gasteiger partial charge in [0.05, 0.1) is 6.42 Å². The highest BCUT2D eigenvalue weighted by atomic mass is 16.5. The van der Waals surface area contributed by atoms with Crippen molar-refractivity contribution in [2.75, 3.05) is 0 Å². The number of unbranched alkanes of at least 4 members (excludes halogenated alkanes) is 14. The molecule has 0 radical (unpaired) electrons. The molecule has 0 aliphatic rings. The van der Waals surface area contributed by atoms with Gasteiger partial charge >= 0.3 is 11.9 Å². The summed E-state index contributed by atoms with van der Waals surface area (Å²) in [4.78, 5) is 49.4. The maximum atomic E-state index is 12.5. The summed E-state index contributed by atoms with van der Waals surface area (Å²) in [6.07, 6.45) is 61.6. The zero-order valence-electron chi connectivity index (χ0n) is 39.7. The van der Waals surface area contributed by atoms with Gasteiger partial charge in [0, 0.05) is 12.2 Å². The molecule has 0 unspecified atom stereocenters. The van der Waals surface area contributed by atoms with Gasteiger partial charge in [-0.3, -0.25) is 9.59 Å². The molecule has 0 spiro atoms. The van der Waals surface area contributed by atoms with Gasteiger partial charge in [-0.05, 0) is 73.2 Å². The quantitative estimate of drug-likeness (QED) is 0.0177. The number of hydrogen-bond donors (Lipinski definition) is 2. The smallest absolute Gasteiger partial charge is 0.336 e. The van der Waals surface area contributed by atoms with E-state index in [2.05, 4.69) is 38.2 Å². The van der Waals surface area contributed by atoms with E-state index in [0.29, 0.717) is 11.1 Å². The number of carbonyl (C=O) groups is 4. The van der Waals surface area contributed by atoms with Crippen molar-refractivity contribution in [3.05, 3.63) is 181 Å². The number of hydrogen-bond acceptors (Lipinski definition) is 8. The van der Waals surface area contributed by atoms with Crippen LogP contribution in [0, 0.1) is 0 Å². The Morgan fingerprint density at radius 1 is 0.418 bits per heavy atom. The van der Waals surface area contributed by atoms with Gasteiger partial charge in [-0.2, -0.15) is 0 Å². The van der Waals surface area contributed by atoms with Crippen LogP contribution in [-0.4, -0.2) is 33.7 Å². The van der Waals surface area contributed by atoms with Gasteiger partial charge in [-0.15, -0.1) is 0 Å². The largest absolute Gasteiger partial charge is 0.504 e. The zero-order chi connectivity index (χ0) is 48.4. The molecule has 0 fully saturated rings. The van der Waals surface area contributed by atoms with E-state index in [1.807, 2.05) is 48.6 Å². The van der Waals surface area contributed by atoms with Crippen molar-refractivity contribution < 1.29 is 38.9 Å². The summed E-state index contributed by atoms with van der Waals surface area (Å²) in [5.41, 5.74) is 0.904. The molecule has 0 heterocycles. The molecule has 0 atom stereocenters. The van der Waals surface area contributed by atoms with Crippen molar-refractivity contribution in [2.45, 2.75) is 123 Å². The van der Waals surface area contributed by atoms with Gasteiger partial charge < -0.3 is 19.7 Å². The molecule has 2 N–H and O–H groups in total. The predicted molar refractivity (Wildman–Crippen MR) is 277 cm³/mol. The number of esters is 2. The summed E-state index contributed by atoms with van der Waals surface area (Å²) in [6, 6.07) is 8.57. The average Bonchev–Trinajstić information content (AvgIpc) is 3.31. The van der Waals surface area contributed by atoms with Gasteiger partial charge in [-0.25, -0.2) is 9.59 Å². The lowest BCUT2D eigenvalue weighted by Gasteiger charge is -2.05. The van der Waals surface area contributed by atoms with Gasteiger partial charge in [0.2, 0.25) is 0 Å². The molecular formula is C59H72O8. The first-order valence-corrected chi connectivity index (χ1v) is 23.9. The van der Waals surface area contributed by atoms with Crippen LogP contribution < -0.4 is 9.47 Å². The van der Waals surface area contributed by atoms with Crippen molar-refractivity contribution in [2.24, 2.45) is 0 Å². The molecule has 0 saturated heterocycles. The van der Waals surface area contributed by atoms with Crippen LogP contribution in [0.15, 0.2) is 170 Å². The molecular weight excluding hydrogens is 837 g/mol. The van der Waals surface area contributed by atoms with Crippen LogP contribution in [0.25, 0.3) is 12.2 Å². The van der Waals surface area contributed by atoms with Crippen LogP contribution >= 0.6 is 0 Å². The van der Waals surface area contributed by atoms with Crippen LogP contribution in [0.3, 0.4) is 0 Å². The number of rotatable bonds is 34. The first-order chi connectivity index (χ1) is 32.7. The number of phenolic OH excluding ortho intramolecular Hbond substituents is 2. The van der Waals surface area contributed by atoms with Gasteiger partial charge in [0.1, 0.15) is 0 Å². The molecule has 0 saturated carbocycles. The Morgan fingerprint density at radius 3 is 1.10 bits per heavy atom. The lowest BCUT2D eigenvalue weighted by atomic mass is 10.1. The number of ether oxygens (including phenoxy) is 2. The summed E-state index contributed by atoms with van der Waals surface area (Å²) in [7, 11) is 0. The van der Waals surface area contributed by atoms with Crippen molar-refractivity contribution in [1.82, 2.24) is 0 Å². The molecule has 8 heteroatoms. The van der Waals surface area contributed by atoms with Crippen LogP contribution in [-0.2, 0) is 19.2 Å². The summed E-state index contributed by atoms with van der Waals surface area (Å²) >= 11 is 0. The second-order valence-electron chi connectivity index (χ2n) is 15.8. The minimum absolute atomic E-state index is 0.0470. The number of aromatic hydroxyl groups is 2. The normalized spacial score (nSPS) is 12.7. The molecule has 2 aromatic rings. The van der Waals surface area contributed by atoms with Crippen molar-refractivity contribution in [3.63, 3.8) is 0 Å². The molecule has 8 nitrogen and oxygen atoms in total. The molecule has 0 aromatic heterocycles. The van der Waals surface area contributed by atoms with E-state index in [-0.39, 0.29) is 23.0 Å². The van der Waals surface area contributed by atoms with E-state index in [0.717, 1.165) is 12.8 Å². The highest BCUT2D eigenvalue weighted by Crippen LogP contribution is 2.29. The van der Waals surface area contributed by atoms with Crippen molar-refractivity contribution in [3.8, 4) is 23.0 Å². The zero-order valence-corrected chi connectivity index (χ0v) is 39.7. The third-order valence-corrected chi connectivity index (χ3v) is 9.90. The van der Waals surface area contributed by atoms with Crippen molar-refractivity contribution >= 4 is 35.7 Å². The Kier molecular flexibility index (Phi) is 32.3. The number of ketones is 2. The summed E-state index contributed by atoms with van der Waals surface area (Å²) in [5.74, 6) is -2.99. The monoisotopic (exact) mass is 909 g/mol. The Morgan fingerprint density at radius 2 is 0.746 bits per heavy atom. The second kappa shape index (κ2) is 38.5. The molecule has 2 aromatic carbocycles. The fourth-order valence-electron chi connectivity index (χ4n) is 6.23. The lowest BCUT2D eigenvalue weighted by molar-refractivity contribution is -0.130. The molecule has 0 bridgehead atoms. The number of allylic oxidation sites excluding steroid dienone is 20. The topological polar surface area (TPSA) is 127 Å². The minimum Gasteiger partial charge on any atom is -0.504 e. The fourth-order valence-corrected chi connectivity index (χ4v) is 6.23. The first-order valence-electron chi connectivity index (χ1n) is 23.9. The lowest BCUT2D eigenvalue weighted by Crippen LogP contribution is -2.04.